The minimum Gasteiger partial charge on any atom is -0.497 e. The monoisotopic (exact) mass is 410 g/mol. The summed E-state index contributed by atoms with van der Waals surface area (Å²) in [5, 5.41) is 3.13. The van der Waals surface area contributed by atoms with Crippen molar-refractivity contribution in [3.8, 4) is 5.75 Å². The summed E-state index contributed by atoms with van der Waals surface area (Å²) in [4.78, 5) is 15.3. The summed E-state index contributed by atoms with van der Waals surface area (Å²) < 4.78 is 11.3. The molecule has 0 bridgehead atoms. The van der Waals surface area contributed by atoms with E-state index in [-0.39, 0.29) is 11.9 Å². The zero-order valence-electron chi connectivity index (χ0n) is 18.3. The molecule has 0 radical (unpaired) electrons. The van der Waals surface area contributed by atoms with Crippen LogP contribution in [-0.4, -0.2) is 50.3 Å². The first-order valence-electron chi connectivity index (χ1n) is 10.9. The number of carbonyl (C=O) groups excluding carboxylic acids is 1. The Morgan fingerprint density at radius 1 is 1.07 bits per heavy atom. The van der Waals surface area contributed by atoms with Crippen LogP contribution in [0, 0.1) is 5.92 Å². The van der Waals surface area contributed by atoms with Crippen molar-refractivity contribution in [1.82, 2.24) is 10.2 Å². The zero-order chi connectivity index (χ0) is 21.3. The van der Waals surface area contributed by atoms with Crippen LogP contribution in [-0.2, 0) is 4.74 Å². The Morgan fingerprint density at radius 2 is 1.73 bits per heavy atom. The Bertz CT molecular complexity index is 769. The summed E-state index contributed by atoms with van der Waals surface area (Å²) in [6.45, 7) is 8.01. The van der Waals surface area contributed by atoms with E-state index in [1.807, 2.05) is 30.3 Å². The molecule has 1 N–H and O–H groups in total. The second-order valence-corrected chi connectivity index (χ2v) is 8.28. The lowest BCUT2D eigenvalue weighted by Crippen LogP contribution is -2.39. The van der Waals surface area contributed by atoms with Crippen molar-refractivity contribution >= 4 is 5.91 Å². The number of methoxy groups -OCH3 is 1. The van der Waals surface area contributed by atoms with Gasteiger partial charge in [0.2, 0.25) is 0 Å². The number of rotatable bonds is 9. The second kappa shape index (κ2) is 11.1. The van der Waals surface area contributed by atoms with E-state index in [1.165, 1.54) is 12.8 Å². The molecular formula is C25H34N2O3. The van der Waals surface area contributed by atoms with Crippen LogP contribution in [0.1, 0.15) is 48.7 Å². The van der Waals surface area contributed by atoms with Crippen molar-refractivity contribution in [3.63, 3.8) is 0 Å². The lowest BCUT2D eigenvalue weighted by molar-refractivity contribution is 0.0473. The van der Waals surface area contributed by atoms with Crippen molar-refractivity contribution in [2.75, 3.05) is 33.4 Å². The summed E-state index contributed by atoms with van der Waals surface area (Å²) >= 11 is 0. The van der Waals surface area contributed by atoms with Gasteiger partial charge in [0.05, 0.1) is 19.8 Å². The van der Waals surface area contributed by atoms with Crippen LogP contribution in [0.15, 0.2) is 54.6 Å². The summed E-state index contributed by atoms with van der Waals surface area (Å²) in [6.07, 6.45) is 2.35. The fourth-order valence-electron chi connectivity index (χ4n) is 3.88. The van der Waals surface area contributed by atoms with Crippen LogP contribution < -0.4 is 10.1 Å². The van der Waals surface area contributed by atoms with Gasteiger partial charge in [-0.15, -0.1) is 0 Å². The summed E-state index contributed by atoms with van der Waals surface area (Å²) in [5.41, 5.74) is 1.66. The Labute approximate surface area is 180 Å². The number of hydrogen-bond acceptors (Lipinski definition) is 4. The van der Waals surface area contributed by atoms with Gasteiger partial charge in [0.15, 0.2) is 0 Å². The molecule has 1 saturated heterocycles. The molecule has 0 aromatic heterocycles. The minimum atomic E-state index is -0.184. The van der Waals surface area contributed by atoms with Crippen molar-refractivity contribution in [1.29, 1.82) is 0 Å². The molecule has 1 atom stereocenters. The van der Waals surface area contributed by atoms with E-state index in [2.05, 4.69) is 24.1 Å². The molecule has 1 heterocycles. The third-order valence-corrected chi connectivity index (χ3v) is 5.88. The third kappa shape index (κ3) is 6.31. The van der Waals surface area contributed by atoms with Gasteiger partial charge < -0.3 is 19.7 Å². The highest BCUT2D eigenvalue weighted by Gasteiger charge is 2.22. The lowest BCUT2D eigenvalue weighted by Gasteiger charge is -2.34. The fourth-order valence-corrected chi connectivity index (χ4v) is 3.88. The normalized spacial score (nSPS) is 16.4. The van der Waals surface area contributed by atoms with Gasteiger partial charge in [-0.1, -0.05) is 30.3 Å². The average Bonchev–Trinajstić information content (AvgIpc) is 2.79. The number of carbonyl (C=O) groups is 1. The quantitative estimate of drug-likeness (QED) is 0.670. The van der Waals surface area contributed by atoms with E-state index in [4.69, 9.17) is 9.47 Å². The molecule has 1 amide bonds. The Hall–Kier alpha value is -2.37. The molecule has 0 saturated carbocycles. The van der Waals surface area contributed by atoms with E-state index < -0.39 is 0 Å². The average molecular weight is 411 g/mol. The van der Waals surface area contributed by atoms with Crippen LogP contribution in [0.4, 0.5) is 0 Å². The maximum absolute atomic E-state index is 12.8. The molecule has 2 aromatic rings. The van der Waals surface area contributed by atoms with Crippen molar-refractivity contribution in [3.05, 3.63) is 65.7 Å². The van der Waals surface area contributed by atoms with Crippen molar-refractivity contribution in [2.45, 2.75) is 38.8 Å². The molecule has 30 heavy (non-hydrogen) atoms. The van der Waals surface area contributed by atoms with Gasteiger partial charge in [-0.3, -0.25) is 4.79 Å². The fraction of sp³-hybridized carbons (Fsp3) is 0.480. The lowest BCUT2D eigenvalue weighted by atomic mass is 9.97. The van der Waals surface area contributed by atoms with Gasteiger partial charge in [-0.05, 0) is 75.5 Å². The number of nitrogens with zero attached hydrogens (tertiary/aromatic N) is 1. The largest absolute Gasteiger partial charge is 0.497 e. The third-order valence-electron chi connectivity index (χ3n) is 5.88. The highest BCUT2D eigenvalue weighted by molar-refractivity contribution is 5.94. The first-order chi connectivity index (χ1) is 14.6. The number of likely N-dealkylation sites (tertiary alicyclic amines) is 1. The van der Waals surface area contributed by atoms with Crippen LogP contribution >= 0.6 is 0 Å². The van der Waals surface area contributed by atoms with Crippen molar-refractivity contribution in [2.24, 2.45) is 5.92 Å². The maximum Gasteiger partial charge on any atom is 0.251 e. The number of benzene rings is 2. The molecule has 5 heteroatoms. The molecule has 0 aliphatic carbocycles. The zero-order valence-corrected chi connectivity index (χ0v) is 18.3. The smallest absolute Gasteiger partial charge is 0.251 e. The minimum absolute atomic E-state index is 0.111. The number of amides is 1. The van der Waals surface area contributed by atoms with E-state index in [0.29, 0.717) is 24.1 Å². The molecule has 162 valence electrons. The maximum atomic E-state index is 12.8. The second-order valence-electron chi connectivity index (χ2n) is 8.28. The van der Waals surface area contributed by atoms with Crippen LogP contribution in [0.25, 0.3) is 0 Å². The SMILES string of the molecule is COc1ccc(C(=O)NC(COCC2CCN(C(C)C)CC2)c2ccccc2)cc1. The molecule has 1 fully saturated rings. The standard InChI is InChI=1S/C25H34N2O3/c1-19(2)27-15-13-20(14-16-27)17-30-18-24(21-7-5-4-6-8-21)26-25(28)22-9-11-23(29-3)12-10-22/h4-12,19-20,24H,13-18H2,1-3H3,(H,26,28). The topological polar surface area (TPSA) is 50.8 Å². The number of ether oxygens (including phenoxy) is 2. The van der Waals surface area contributed by atoms with Gasteiger partial charge in [0, 0.05) is 18.2 Å². The Kier molecular flexibility index (Phi) is 8.29. The summed E-state index contributed by atoms with van der Waals surface area (Å²) in [5.74, 6) is 1.21. The van der Waals surface area contributed by atoms with E-state index >= 15 is 0 Å². The highest BCUT2D eigenvalue weighted by atomic mass is 16.5. The van der Waals surface area contributed by atoms with Crippen LogP contribution in [0.3, 0.4) is 0 Å². The Balaban J connectivity index is 1.56. The molecule has 1 aliphatic heterocycles. The van der Waals surface area contributed by atoms with Gasteiger partial charge >= 0.3 is 0 Å². The van der Waals surface area contributed by atoms with Gasteiger partial charge in [-0.25, -0.2) is 0 Å². The predicted molar refractivity (Wildman–Crippen MR) is 120 cm³/mol. The van der Waals surface area contributed by atoms with Crippen molar-refractivity contribution < 1.29 is 14.3 Å². The predicted octanol–water partition coefficient (Wildman–Crippen LogP) is 4.30. The van der Waals surface area contributed by atoms with E-state index in [0.717, 1.165) is 31.0 Å². The first kappa shape index (κ1) is 22.3. The molecule has 1 unspecified atom stereocenters. The molecule has 3 rings (SSSR count). The molecule has 0 spiro atoms. The molecule has 1 aliphatic rings. The first-order valence-corrected chi connectivity index (χ1v) is 10.9. The highest BCUT2D eigenvalue weighted by Crippen LogP contribution is 2.21. The number of nitrogens with one attached hydrogen (secondary N) is 1. The van der Waals surface area contributed by atoms with Crippen LogP contribution in [0.2, 0.25) is 0 Å². The Morgan fingerprint density at radius 3 is 2.33 bits per heavy atom. The van der Waals surface area contributed by atoms with Crippen LogP contribution in [0.5, 0.6) is 5.75 Å². The van der Waals surface area contributed by atoms with E-state index in [9.17, 15) is 4.79 Å². The van der Waals surface area contributed by atoms with E-state index in [1.54, 1.807) is 31.4 Å². The number of hydrogen-bond donors (Lipinski definition) is 1. The van der Waals surface area contributed by atoms with Gasteiger partial charge in [0.1, 0.15) is 5.75 Å². The summed E-state index contributed by atoms with van der Waals surface area (Å²) in [7, 11) is 1.62. The molecule has 2 aromatic carbocycles. The summed E-state index contributed by atoms with van der Waals surface area (Å²) in [6, 6.07) is 17.6. The number of piperidine rings is 1. The van der Waals surface area contributed by atoms with Gasteiger partial charge in [0.25, 0.3) is 5.91 Å². The van der Waals surface area contributed by atoms with Gasteiger partial charge in [-0.2, -0.15) is 0 Å². The molecular weight excluding hydrogens is 376 g/mol. The molecule has 5 nitrogen and oxygen atoms in total.